The van der Waals surface area contributed by atoms with Gasteiger partial charge in [-0.2, -0.15) is 0 Å². The number of nitrogens with zero attached hydrogens (tertiary/aromatic N) is 4. The van der Waals surface area contributed by atoms with E-state index in [2.05, 4.69) is 19.9 Å². The molecule has 0 bridgehead atoms. The van der Waals surface area contributed by atoms with E-state index in [9.17, 15) is 0 Å². The van der Waals surface area contributed by atoms with Gasteiger partial charge in [-0.15, -0.1) is 0 Å². The lowest BCUT2D eigenvalue weighted by atomic mass is 10.1. The molecule has 110 valence electrons. The highest BCUT2D eigenvalue weighted by atomic mass is 16.5. The molecule has 6 heteroatoms. The van der Waals surface area contributed by atoms with Crippen LogP contribution in [-0.2, 0) is 11.2 Å². The van der Waals surface area contributed by atoms with Crippen molar-refractivity contribution in [2.24, 2.45) is 0 Å². The van der Waals surface area contributed by atoms with Crippen molar-refractivity contribution >= 4 is 11.6 Å². The zero-order valence-corrected chi connectivity index (χ0v) is 11.9. The monoisotopic (exact) mass is 285 g/mol. The van der Waals surface area contributed by atoms with Crippen LogP contribution in [-0.4, -0.2) is 40.8 Å². The van der Waals surface area contributed by atoms with Gasteiger partial charge in [-0.3, -0.25) is 4.98 Å². The van der Waals surface area contributed by atoms with Crippen LogP contribution in [0.5, 0.6) is 0 Å². The van der Waals surface area contributed by atoms with Gasteiger partial charge < -0.3 is 15.4 Å². The van der Waals surface area contributed by atoms with Crippen LogP contribution in [0.3, 0.4) is 0 Å². The summed E-state index contributed by atoms with van der Waals surface area (Å²) < 4.78 is 5.84. The van der Waals surface area contributed by atoms with Crippen LogP contribution in [0.4, 0.5) is 11.6 Å². The molecule has 1 fully saturated rings. The Labute approximate surface area is 124 Å². The van der Waals surface area contributed by atoms with Crippen LogP contribution in [0.15, 0.2) is 36.9 Å². The molecular weight excluding hydrogens is 266 g/mol. The van der Waals surface area contributed by atoms with Crippen LogP contribution in [0.25, 0.3) is 0 Å². The molecule has 0 aliphatic carbocycles. The van der Waals surface area contributed by atoms with E-state index in [1.165, 1.54) is 5.56 Å². The normalized spacial score (nSPS) is 18.7. The fourth-order valence-corrected chi connectivity index (χ4v) is 2.53. The van der Waals surface area contributed by atoms with Crippen molar-refractivity contribution in [3.8, 4) is 0 Å². The van der Waals surface area contributed by atoms with Crippen molar-refractivity contribution in [2.75, 3.05) is 30.3 Å². The highest BCUT2D eigenvalue weighted by molar-refractivity contribution is 5.36. The van der Waals surface area contributed by atoms with Crippen LogP contribution < -0.4 is 10.6 Å². The molecule has 1 aliphatic heterocycles. The van der Waals surface area contributed by atoms with E-state index < -0.39 is 0 Å². The Kier molecular flexibility index (Phi) is 4.25. The number of ether oxygens (including phenoxy) is 1. The van der Waals surface area contributed by atoms with Crippen LogP contribution >= 0.6 is 0 Å². The number of nitrogen functional groups attached to an aromatic ring is 1. The molecule has 2 aromatic rings. The van der Waals surface area contributed by atoms with Gasteiger partial charge in [0.2, 0.25) is 0 Å². The summed E-state index contributed by atoms with van der Waals surface area (Å²) in [6.07, 6.45) is 9.06. The minimum Gasteiger partial charge on any atom is -0.384 e. The van der Waals surface area contributed by atoms with Gasteiger partial charge in [-0.1, -0.05) is 0 Å². The lowest BCUT2D eigenvalue weighted by Gasteiger charge is -2.33. The largest absolute Gasteiger partial charge is 0.384 e. The zero-order chi connectivity index (χ0) is 14.5. The number of morpholine rings is 1. The first-order valence-electron chi connectivity index (χ1n) is 7.14. The fraction of sp³-hybridized carbons (Fsp3) is 0.400. The van der Waals surface area contributed by atoms with Gasteiger partial charge in [0.1, 0.15) is 11.6 Å². The van der Waals surface area contributed by atoms with E-state index in [0.717, 1.165) is 38.4 Å². The molecular formula is C15H19N5O. The highest BCUT2D eigenvalue weighted by Crippen LogP contribution is 2.17. The Morgan fingerprint density at radius 2 is 2.24 bits per heavy atom. The van der Waals surface area contributed by atoms with Crippen molar-refractivity contribution in [1.29, 1.82) is 0 Å². The van der Waals surface area contributed by atoms with Crippen molar-refractivity contribution in [1.82, 2.24) is 15.0 Å². The number of hydrogen-bond acceptors (Lipinski definition) is 6. The molecule has 3 heterocycles. The van der Waals surface area contributed by atoms with Crippen LogP contribution in [0.2, 0.25) is 0 Å². The summed E-state index contributed by atoms with van der Waals surface area (Å²) in [4.78, 5) is 14.7. The van der Waals surface area contributed by atoms with E-state index in [-0.39, 0.29) is 6.10 Å². The van der Waals surface area contributed by atoms with E-state index in [4.69, 9.17) is 10.5 Å². The Balaban J connectivity index is 1.57. The second-order valence-electron chi connectivity index (χ2n) is 5.13. The van der Waals surface area contributed by atoms with E-state index in [1.54, 1.807) is 24.8 Å². The lowest BCUT2D eigenvalue weighted by Crippen LogP contribution is -2.43. The van der Waals surface area contributed by atoms with Crippen molar-refractivity contribution < 1.29 is 4.74 Å². The molecule has 2 N–H and O–H groups in total. The molecule has 0 unspecified atom stereocenters. The number of rotatable bonds is 4. The fourth-order valence-electron chi connectivity index (χ4n) is 2.53. The third kappa shape index (κ3) is 3.66. The predicted octanol–water partition coefficient (Wildman–Crippen LogP) is 1.29. The van der Waals surface area contributed by atoms with Crippen LogP contribution in [0, 0.1) is 0 Å². The average molecular weight is 285 g/mol. The Bertz CT molecular complexity index is 577. The predicted molar refractivity (Wildman–Crippen MR) is 81.0 cm³/mol. The first-order chi connectivity index (χ1) is 10.3. The van der Waals surface area contributed by atoms with Gasteiger partial charge in [0.25, 0.3) is 0 Å². The van der Waals surface area contributed by atoms with Crippen molar-refractivity contribution in [3.63, 3.8) is 0 Å². The Morgan fingerprint density at radius 3 is 3.05 bits per heavy atom. The first kappa shape index (κ1) is 13.8. The highest BCUT2D eigenvalue weighted by Gasteiger charge is 2.21. The molecule has 0 amide bonds. The van der Waals surface area contributed by atoms with Gasteiger partial charge >= 0.3 is 0 Å². The second-order valence-corrected chi connectivity index (χ2v) is 5.13. The Morgan fingerprint density at radius 1 is 1.29 bits per heavy atom. The summed E-state index contributed by atoms with van der Waals surface area (Å²) >= 11 is 0. The molecule has 1 saturated heterocycles. The quantitative estimate of drug-likeness (QED) is 0.912. The Hall–Kier alpha value is -2.21. The van der Waals surface area contributed by atoms with Gasteiger partial charge in [-0.05, 0) is 30.5 Å². The molecule has 2 aromatic heterocycles. The maximum Gasteiger partial charge on any atom is 0.147 e. The summed E-state index contributed by atoms with van der Waals surface area (Å²) in [5.74, 6) is 1.48. The van der Waals surface area contributed by atoms with E-state index in [0.29, 0.717) is 5.82 Å². The smallest absolute Gasteiger partial charge is 0.147 e. The molecule has 0 saturated carbocycles. The number of aromatic nitrogens is 3. The molecule has 6 nitrogen and oxygen atoms in total. The summed E-state index contributed by atoms with van der Waals surface area (Å²) in [5.41, 5.74) is 6.90. The maximum atomic E-state index is 5.84. The number of anilines is 2. The van der Waals surface area contributed by atoms with Crippen molar-refractivity contribution in [3.05, 3.63) is 42.5 Å². The molecule has 0 spiro atoms. The number of pyridine rings is 1. The summed E-state index contributed by atoms with van der Waals surface area (Å²) in [5, 5.41) is 0. The summed E-state index contributed by atoms with van der Waals surface area (Å²) in [7, 11) is 0. The topological polar surface area (TPSA) is 77.2 Å². The minimum absolute atomic E-state index is 0.204. The first-order valence-corrected chi connectivity index (χ1v) is 7.14. The number of aryl methyl sites for hydroxylation is 1. The molecule has 3 rings (SSSR count). The summed E-state index contributed by atoms with van der Waals surface area (Å²) in [6.45, 7) is 2.43. The lowest BCUT2D eigenvalue weighted by molar-refractivity contribution is 0.0352. The zero-order valence-electron chi connectivity index (χ0n) is 11.9. The second kappa shape index (κ2) is 6.49. The van der Waals surface area contributed by atoms with E-state index >= 15 is 0 Å². The molecule has 1 aliphatic rings. The number of nitrogens with two attached hydrogens (primary N) is 1. The molecule has 1 atom stereocenters. The van der Waals surface area contributed by atoms with Crippen molar-refractivity contribution in [2.45, 2.75) is 18.9 Å². The minimum atomic E-state index is 0.204. The van der Waals surface area contributed by atoms with E-state index in [1.807, 2.05) is 12.1 Å². The number of hydrogen-bond donors (Lipinski definition) is 1. The molecule has 0 radical (unpaired) electrons. The average Bonchev–Trinajstić information content (AvgIpc) is 2.54. The van der Waals surface area contributed by atoms with Gasteiger partial charge in [0, 0.05) is 31.7 Å². The molecule has 0 aromatic carbocycles. The SMILES string of the molecule is Nc1cc(CC[C@@H]2CN(c3cnccn3)CCO2)ccn1. The summed E-state index contributed by atoms with van der Waals surface area (Å²) in [6, 6.07) is 3.92. The standard InChI is InChI=1S/C15H19N5O/c16-14-9-12(3-4-18-14)1-2-13-11-20(7-8-21-13)15-10-17-5-6-19-15/h3-6,9-10,13H,1-2,7-8,11H2,(H2,16,18)/t13-/m1/s1. The maximum absolute atomic E-state index is 5.84. The van der Waals surface area contributed by atoms with Gasteiger partial charge in [0.05, 0.1) is 18.9 Å². The third-order valence-corrected chi connectivity index (χ3v) is 3.61. The third-order valence-electron chi connectivity index (χ3n) is 3.61. The van der Waals surface area contributed by atoms with Gasteiger partial charge in [-0.25, -0.2) is 9.97 Å². The van der Waals surface area contributed by atoms with Gasteiger partial charge in [0.15, 0.2) is 0 Å². The van der Waals surface area contributed by atoms with Crippen LogP contribution in [0.1, 0.15) is 12.0 Å². The molecule has 21 heavy (non-hydrogen) atoms.